The molecule has 1 aliphatic rings. The Morgan fingerprint density at radius 1 is 1.18 bits per heavy atom. The van der Waals surface area contributed by atoms with Crippen molar-refractivity contribution in [2.45, 2.75) is 31.6 Å². The van der Waals surface area contributed by atoms with E-state index in [4.69, 9.17) is 5.73 Å². The van der Waals surface area contributed by atoms with Gasteiger partial charge in [0.05, 0.1) is 10.6 Å². The second kappa shape index (κ2) is 7.88. The number of primary amides is 1. The fraction of sp³-hybridized carbons (Fsp3) is 0.389. The molecule has 28 heavy (non-hydrogen) atoms. The first kappa shape index (κ1) is 20.3. The minimum Gasteiger partial charge on any atom is -0.369 e. The highest BCUT2D eigenvalue weighted by Gasteiger charge is 2.29. The van der Waals surface area contributed by atoms with Crippen molar-refractivity contribution in [3.63, 3.8) is 0 Å². The largest absolute Gasteiger partial charge is 0.369 e. The highest BCUT2D eigenvalue weighted by atomic mass is 32.2. The smallest absolute Gasteiger partial charge is 0.265 e. The minimum atomic E-state index is -3.78. The SMILES string of the molecule is Cc1ccc(S(=O)(=O)Nc2nc(C)c(C(=O)N3CCC(C(N)=O)CC3)s2)cc1. The van der Waals surface area contributed by atoms with Gasteiger partial charge in [0.2, 0.25) is 5.91 Å². The number of nitrogens with zero attached hydrogens (tertiary/aromatic N) is 2. The Bertz CT molecular complexity index is 991. The van der Waals surface area contributed by atoms with Crippen LogP contribution in [0.3, 0.4) is 0 Å². The second-order valence-corrected chi connectivity index (χ2v) is 9.50. The lowest BCUT2D eigenvalue weighted by atomic mass is 9.96. The van der Waals surface area contributed by atoms with Gasteiger partial charge in [0, 0.05) is 19.0 Å². The summed E-state index contributed by atoms with van der Waals surface area (Å²) < 4.78 is 27.5. The lowest BCUT2D eigenvalue weighted by Gasteiger charge is -2.30. The van der Waals surface area contributed by atoms with Crippen molar-refractivity contribution in [2.75, 3.05) is 17.8 Å². The Balaban J connectivity index is 1.73. The average Bonchev–Trinajstić information content (AvgIpc) is 3.01. The van der Waals surface area contributed by atoms with Gasteiger partial charge in [-0.2, -0.15) is 0 Å². The Labute approximate surface area is 167 Å². The Hall–Kier alpha value is -2.46. The van der Waals surface area contributed by atoms with Crippen molar-refractivity contribution < 1.29 is 18.0 Å². The summed E-state index contributed by atoms with van der Waals surface area (Å²) in [5, 5.41) is 0.147. The molecule has 0 atom stereocenters. The van der Waals surface area contributed by atoms with Crippen LogP contribution < -0.4 is 10.5 Å². The number of aromatic nitrogens is 1. The first-order chi connectivity index (χ1) is 13.2. The molecular formula is C18H22N4O4S2. The lowest BCUT2D eigenvalue weighted by Crippen LogP contribution is -2.41. The summed E-state index contributed by atoms with van der Waals surface area (Å²) in [4.78, 5) is 30.4. The Morgan fingerprint density at radius 2 is 1.79 bits per heavy atom. The molecule has 1 fully saturated rings. The summed E-state index contributed by atoms with van der Waals surface area (Å²) in [6.07, 6.45) is 1.07. The van der Waals surface area contributed by atoms with Gasteiger partial charge in [0.1, 0.15) is 4.88 Å². The summed E-state index contributed by atoms with van der Waals surface area (Å²) in [6, 6.07) is 6.47. The number of sulfonamides is 1. The number of piperidine rings is 1. The van der Waals surface area contributed by atoms with E-state index in [9.17, 15) is 18.0 Å². The number of thiazole rings is 1. The number of likely N-dealkylation sites (tertiary alicyclic amines) is 1. The molecule has 10 heteroatoms. The van der Waals surface area contributed by atoms with Crippen molar-refractivity contribution in [3.05, 3.63) is 40.4 Å². The van der Waals surface area contributed by atoms with Gasteiger partial charge in [-0.1, -0.05) is 29.0 Å². The molecule has 0 saturated carbocycles. The number of nitrogens with two attached hydrogens (primary N) is 1. The van der Waals surface area contributed by atoms with Gasteiger partial charge in [-0.25, -0.2) is 13.4 Å². The molecule has 1 saturated heterocycles. The van der Waals surface area contributed by atoms with E-state index in [1.54, 1.807) is 24.0 Å². The van der Waals surface area contributed by atoms with Crippen LogP contribution in [0, 0.1) is 19.8 Å². The van der Waals surface area contributed by atoms with Gasteiger partial charge in [-0.15, -0.1) is 0 Å². The molecular weight excluding hydrogens is 400 g/mol. The van der Waals surface area contributed by atoms with Crippen molar-refractivity contribution in [1.82, 2.24) is 9.88 Å². The lowest BCUT2D eigenvalue weighted by molar-refractivity contribution is -0.123. The van der Waals surface area contributed by atoms with Crippen LogP contribution >= 0.6 is 11.3 Å². The normalized spacial score (nSPS) is 15.4. The van der Waals surface area contributed by atoms with Crippen molar-refractivity contribution in [3.8, 4) is 0 Å². The summed E-state index contributed by atoms with van der Waals surface area (Å²) in [7, 11) is -3.78. The molecule has 2 amide bonds. The third kappa shape index (κ3) is 4.33. The molecule has 2 aromatic rings. The number of aryl methyl sites for hydroxylation is 2. The van der Waals surface area contributed by atoms with Crippen LogP contribution in [-0.2, 0) is 14.8 Å². The fourth-order valence-corrected chi connectivity index (χ4v) is 5.21. The molecule has 3 rings (SSSR count). The maximum atomic E-state index is 12.8. The zero-order chi connectivity index (χ0) is 20.5. The number of nitrogens with one attached hydrogen (secondary N) is 1. The van der Waals surface area contributed by atoms with E-state index in [2.05, 4.69) is 9.71 Å². The van der Waals surface area contributed by atoms with Crippen LogP contribution in [0.15, 0.2) is 29.2 Å². The Morgan fingerprint density at radius 3 is 2.36 bits per heavy atom. The van der Waals surface area contributed by atoms with Crippen molar-refractivity contribution >= 4 is 38.3 Å². The number of rotatable bonds is 5. The van der Waals surface area contributed by atoms with Crippen LogP contribution in [0.4, 0.5) is 5.13 Å². The molecule has 1 aliphatic heterocycles. The predicted octanol–water partition coefficient (Wildman–Crippen LogP) is 1.90. The zero-order valence-electron chi connectivity index (χ0n) is 15.6. The molecule has 150 valence electrons. The predicted molar refractivity (Wildman–Crippen MR) is 107 cm³/mol. The topological polar surface area (TPSA) is 122 Å². The first-order valence-electron chi connectivity index (χ1n) is 8.83. The van der Waals surface area contributed by atoms with Crippen LogP contribution in [0.5, 0.6) is 0 Å². The number of benzene rings is 1. The van der Waals surface area contributed by atoms with E-state index < -0.39 is 10.0 Å². The molecule has 0 unspecified atom stereocenters. The molecule has 8 nitrogen and oxygen atoms in total. The van der Waals surface area contributed by atoms with Crippen LogP contribution in [0.25, 0.3) is 0 Å². The number of carbonyl (C=O) groups excluding carboxylic acids is 2. The first-order valence-corrected chi connectivity index (χ1v) is 11.1. The van der Waals surface area contributed by atoms with Crippen LogP contribution in [0.1, 0.15) is 33.8 Å². The third-order valence-electron chi connectivity index (χ3n) is 4.73. The van der Waals surface area contributed by atoms with E-state index in [0.29, 0.717) is 36.5 Å². The third-order valence-corrected chi connectivity index (χ3v) is 7.27. The van der Waals surface area contributed by atoms with Gasteiger partial charge in [0.25, 0.3) is 15.9 Å². The van der Waals surface area contributed by atoms with E-state index in [0.717, 1.165) is 16.9 Å². The van der Waals surface area contributed by atoms with Gasteiger partial charge in [0.15, 0.2) is 5.13 Å². The number of hydrogen-bond acceptors (Lipinski definition) is 6. The monoisotopic (exact) mass is 422 g/mol. The molecule has 3 N–H and O–H groups in total. The number of amides is 2. The highest BCUT2D eigenvalue weighted by Crippen LogP contribution is 2.28. The van der Waals surface area contributed by atoms with Crippen molar-refractivity contribution in [1.29, 1.82) is 0 Å². The average molecular weight is 423 g/mol. The van der Waals surface area contributed by atoms with Crippen LogP contribution in [0.2, 0.25) is 0 Å². The number of hydrogen-bond donors (Lipinski definition) is 2. The Kier molecular flexibility index (Phi) is 5.71. The van der Waals surface area contributed by atoms with E-state index >= 15 is 0 Å². The highest BCUT2D eigenvalue weighted by molar-refractivity contribution is 7.93. The standard InChI is InChI=1S/C18H22N4O4S2/c1-11-3-5-14(6-4-11)28(25,26)21-18-20-12(2)15(27-18)17(24)22-9-7-13(8-10-22)16(19)23/h3-6,13H,7-10H2,1-2H3,(H2,19,23)(H,20,21). The molecule has 0 radical (unpaired) electrons. The zero-order valence-corrected chi connectivity index (χ0v) is 17.3. The van der Waals surface area contributed by atoms with E-state index in [1.165, 1.54) is 12.1 Å². The molecule has 2 heterocycles. The molecule has 0 bridgehead atoms. The maximum absolute atomic E-state index is 12.8. The van der Waals surface area contributed by atoms with Gasteiger partial charge in [-0.3, -0.25) is 14.3 Å². The summed E-state index contributed by atoms with van der Waals surface area (Å²) in [5.74, 6) is -0.754. The molecule has 1 aromatic carbocycles. The fourth-order valence-electron chi connectivity index (χ4n) is 3.04. The molecule has 1 aromatic heterocycles. The summed E-state index contributed by atoms with van der Waals surface area (Å²) >= 11 is 1.01. The van der Waals surface area contributed by atoms with E-state index in [1.807, 2.05) is 6.92 Å². The second-order valence-electron chi connectivity index (χ2n) is 6.82. The van der Waals surface area contributed by atoms with Crippen molar-refractivity contribution in [2.24, 2.45) is 11.7 Å². The quantitative estimate of drug-likeness (QED) is 0.762. The van der Waals surface area contributed by atoms with Gasteiger partial charge in [-0.05, 0) is 38.8 Å². The van der Waals surface area contributed by atoms with Gasteiger partial charge >= 0.3 is 0 Å². The minimum absolute atomic E-state index is 0.132. The van der Waals surface area contributed by atoms with Gasteiger partial charge < -0.3 is 10.6 Å². The number of anilines is 1. The number of carbonyl (C=O) groups is 2. The molecule has 0 aliphatic carbocycles. The summed E-state index contributed by atoms with van der Waals surface area (Å²) in [6.45, 7) is 4.42. The maximum Gasteiger partial charge on any atom is 0.265 e. The summed E-state index contributed by atoms with van der Waals surface area (Å²) in [5.41, 5.74) is 6.75. The van der Waals surface area contributed by atoms with E-state index in [-0.39, 0.29) is 27.8 Å². The van der Waals surface area contributed by atoms with Crippen LogP contribution in [-0.4, -0.2) is 43.2 Å². The molecule has 0 spiro atoms.